The van der Waals surface area contributed by atoms with E-state index in [-0.39, 0.29) is 33.9 Å². The number of aromatic nitrogens is 1. The molecule has 70 heavy (non-hydrogen) atoms. The monoisotopic (exact) mass is 906 g/mol. The summed E-state index contributed by atoms with van der Waals surface area (Å²) in [4.78, 5) is 2.73. The molecule has 2 aliphatic heterocycles. The Hall–Kier alpha value is -6.78. The maximum atomic E-state index is 6.80. The predicted octanol–water partition coefficient (Wildman–Crippen LogP) is 16.2. The largest absolute Gasteiger partial charge is 0.456 e. The van der Waals surface area contributed by atoms with Crippen LogP contribution in [0.2, 0.25) is 0 Å². The van der Waals surface area contributed by atoms with Crippen LogP contribution in [0, 0.1) is 0 Å². The summed E-state index contributed by atoms with van der Waals surface area (Å²) in [6, 6.07) is 52.5. The zero-order valence-corrected chi connectivity index (χ0v) is 42.5. The number of para-hydroxylation sites is 1. The molecule has 0 unspecified atom stereocenters. The molecule has 2 aromatic heterocycles. The maximum Gasteiger partial charge on any atom is 0.333 e. The van der Waals surface area contributed by atoms with E-state index in [1.807, 2.05) is 0 Å². The van der Waals surface area contributed by atoms with Crippen molar-refractivity contribution < 1.29 is 4.42 Å². The maximum absolute atomic E-state index is 6.80. The van der Waals surface area contributed by atoms with Crippen molar-refractivity contribution in [2.24, 2.45) is 0 Å². The number of fused-ring (bicyclic) bond motifs is 19. The number of anilines is 2. The summed E-state index contributed by atoms with van der Waals surface area (Å²) in [5.74, 6) is 0. The summed E-state index contributed by atoms with van der Waals surface area (Å²) in [6.45, 7) is 26.5. The average molecular weight is 907 g/mol. The molecule has 342 valence electrons. The zero-order chi connectivity index (χ0) is 47.9. The van der Waals surface area contributed by atoms with Gasteiger partial charge in [-0.2, -0.15) is 0 Å². The van der Waals surface area contributed by atoms with Gasteiger partial charge in [-0.25, -0.2) is 0 Å². The van der Waals surface area contributed by atoms with Crippen LogP contribution in [0.15, 0.2) is 138 Å². The molecular weight excluding hydrogens is 848 g/mol. The third-order valence-corrected chi connectivity index (χ3v) is 18.6. The van der Waals surface area contributed by atoms with Crippen molar-refractivity contribution in [2.45, 2.75) is 116 Å². The van der Waals surface area contributed by atoms with Gasteiger partial charge in [0.2, 0.25) is 0 Å². The lowest BCUT2D eigenvalue weighted by Gasteiger charge is -2.42. The van der Waals surface area contributed by atoms with E-state index in [9.17, 15) is 0 Å². The van der Waals surface area contributed by atoms with E-state index in [1.54, 1.807) is 0 Å². The lowest BCUT2D eigenvalue weighted by molar-refractivity contribution is 0.331. The Morgan fingerprint density at radius 1 is 0.500 bits per heavy atom. The van der Waals surface area contributed by atoms with Crippen molar-refractivity contribution in [2.75, 3.05) is 4.81 Å². The van der Waals surface area contributed by atoms with Crippen LogP contribution >= 0.6 is 0 Å². The van der Waals surface area contributed by atoms with Crippen LogP contribution in [0.4, 0.5) is 11.4 Å². The summed E-state index contributed by atoms with van der Waals surface area (Å²) < 4.78 is 9.43. The first-order chi connectivity index (χ1) is 33.3. The van der Waals surface area contributed by atoms with E-state index < -0.39 is 0 Å². The lowest BCUT2D eigenvalue weighted by atomic mass is 9.44. The van der Waals surface area contributed by atoms with Crippen LogP contribution < -0.4 is 15.7 Å². The van der Waals surface area contributed by atoms with Crippen LogP contribution in [-0.4, -0.2) is 11.4 Å². The molecule has 0 atom stereocenters. The van der Waals surface area contributed by atoms with Gasteiger partial charge in [-0.15, -0.1) is 0 Å². The Morgan fingerprint density at radius 3 is 1.96 bits per heavy atom. The molecule has 10 aromatic rings. The number of hydrogen-bond acceptors (Lipinski definition) is 2. The average Bonchev–Trinajstić information content (AvgIpc) is 4.01. The fourth-order valence-electron chi connectivity index (χ4n) is 14.6. The highest BCUT2D eigenvalue weighted by atomic mass is 16.3. The van der Waals surface area contributed by atoms with Crippen molar-refractivity contribution in [3.63, 3.8) is 0 Å². The van der Waals surface area contributed by atoms with E-state index in [4.69, 9.17) is 4.42 Å². The summed E-state index contributed by atoms with van der Waals surface area (Å²) >= 11 is 0. The van der Waals surface area contributed by atoms with E-state index in [0.29, 0.717) is 0 Å². The molecule has 3 aliphatic carbocycles. The van der Waals surface area contributed by atoms with Crippen molar-refractivity contribution in [1.82, 2.24) is 4.57 Å². The van der Waals surface area contributed by atoms with Gasteiger partial charge in [0.1, 0.15) is 11.2 Å². The highest BCUT2D eigenvalue weighted by Crippen LogP contribution is 2.59. The molecule has 0 saturated carbocycles. The van der Waals surface area contributed by atoms with Crippen LogP contribution in [-0.2, 0) is 27.1 Å². The fourth-order valence-corrected chi connectivity index (χ4v) is 14.6. The minimum absolute atomic E-state index is 0.0236. The fraction of sp³-hybridized carbons (Fsp3) is 0.273. The Bertz CT molecular complexity index is 4050. The summed E-state index contributed by atoms with van der Waals surface area (Å²) in [5, 5.41) is 4.97. The molecule has 4 heteroatoms. The minimum atomic E-state index is -0.193. The first-order valence-electron chi connectivity index (χ1n) is 25.8. The van der Waals surface area contributed by atoms with Gasteiger partial charge in [-0.05, 0) is 149 Å². The normalized spacial score (nSPS) is 17.9. The second kappa shape index (κ2) is 12.8. The molecule has 15 rings (SSSR count). The number of rotatable bonds is 1. The number of benzene rings is 8. The Labute approximate surface area is 412 Å². The minimum Gasteiger partial charge on any atom is -0.456 e. The topological polar surface area (TPSA) is 21.3 Å². The summed E-state index contributed by atoms with van der Waals surface area (Å²) in [5.41, 5.74) is 28.9. The van der Waals surface area contributed by atoms with Crippen LogP contribution in [0.1, 0.15) is 128 Å². The van der Waals surface area contributed by atoms with Crippen LogP contribution in [0.3, 0.4) is 0 Å². The van der Waals surface area contributed by atoms with Gasteiger partial charge in [0.05, 0.1) is 11.0 Å². The standard InChI is InChI=1S/C66H59BN2O/c1-62(2,3)36-20-22-37(23-21-36)69-54-34-49-42(43-31-50-51(33-48(43)66(49,10)11)64(6,7)29-28-63(50,4)5)30-44(54)39-24-25-41-59-53(27-26-47-58(59)40-17-12-14-18-46(40)65(47,8)9)68-55-35-57-45(38-16-13-15-19-56(38)70-57)32-52(55)67(69)60(39)61(41)68/h12-27,30-35H,28-29H2,1-11H3. The van der Waals surface area contributed by atoms with Crippen molar-refractivity contribution in [3.05, 3.63) is 172 Å². The molecule has 4 heterocycles. The first-order valence-corrected chi connectivity index (χ1v) is 25.8. The van der Waals surface area contributed by atoms with Crippen LogP contribution in [0.5, 0.6) is 0 Å². The lowest BCUT2D eigenvalue weighted by Crippen LogP contribution is -2.60. The van der Waals surface area contributed by atoms with Gasteiger partial charge in [-0.3, -0.25) is 0 Å². The third-order valence-electron chi connectivity index (χ3n) is 18.6. The van der Waals surface area contributed by atoms with Gasteiger partial charge in [0, 0.05) is 61.1 Å². The second-order valence-electron chi connectivity index (χ2n) is 25.1. The van der Waals surface area contributed by atoms with Crippen molar-refractivity contribution in [3.8, 4) is 39.1 Å². The molecule has 0 fully saturated rings. The third kappa shape index (κ3) is 4.93. The molecule has 3 nitrogen and oxygen atoms in total. The second-order valence-corrected chi connectivity index (χ2v) is 25.1. The zero-order valence-electron chi connectivity index (χ0n) is 42.5. The Balaban J connectivity index is 1.10. The predicted molar refractivity (Wildman–Crippen MR) is 296 cm³/mol. The highest BCUT2D eigenvalue weighted by Gasteiger charge is 2.48. The quantitative estimate of drug-likeness (QED) is 0.153. The van der Waals surface area contributed by atoms with Gasteiger partial charge < -0.3 is 13.8 Å². The van der Waals surface area contributed by atoms with Gasteiger partial charge in [0.15, 0.2) is 0 Å². The van der Waals surface area contributed by atoms with Crippen molar-refractivity contribution >= 4 is 72.9 Å². The first kappa shape index (κ1) is 41.0. The molecule has 0 spiro atoms. The van der Waals surface area contributed by atoms with Crippen LogP contribution in [0.25, 0.3) is 82.8 Å². The SMILES string of the molecule is CC(C)(C)c1ccc(N2B3c4cc5c(cc4-n4c6ccc7c(c6c6ccc(c3c64)-c3cc4c(cc32)C(C)(C)c2cc3c(cc2-4)C(C)(C)CCC3(C)C)-c2ccccc2C7(C)C)oc2ccccc25)cc1. The van der Waals surface area contributed by atoms with E-state index in [1.165, 1.54) is 135 Å². The molecule has 0 saturated heterocycles. The van der Waals surface area contributed by atoms with E-state index in [2.05, 4.69) is 219 Å². The Morgan fingerprint density at radius 2 is 1.19 bits per heavy atom. The number of furan rings is 1. The van der Waals surface area contributed by atoms with Gasteiger partial charge in [-0.1, -0.05) is 161 Å². The number of hydrogen-bond donors (Lipinski definition) is 0. The molecule has 0 N–H and O–H groups in total. The highest BCUT2D eigenvalue weighted by molar-refractivity contribution is 6.94. The van der Waals surface area contributed by atoms with Gasteiger partial charge >= 0.3 is 6.85 Å². The summed E-state index contributed by atoms with van der Waals surface area (Å²) in [6.07, 6.45) is 2.40. The number of nitrogens with zero attached hydrogens (tertiary/aromatic N) is 2. The molecule has 0 radical (unpaired) electrons. The molecule has 0 amide bonds. The Kier molecular flexibility index (Phi) is 7.48. The molecule has 8 aromatic carbocycles. The molecule has 5 aliphatic rings. The molecular formula is C66H59BN2O. The summed E-state index contributed by atoms with van der Waals surface area (Å²) in [7, 11) is 0. The van der Waals surface area contributed by atoms with E-state index in [0.717, 1.165) is 21.9 Å². The molecule has 0 bridgehead atoms. The van der Waals surface area contributed by atoms with Crippen molar-refractivity contribution in [1.29, 1.82) is 0 Å². The smallest absolute Gasteiger partial charge is 0.333 e. The van der Waals surface area contributed by atoms with Gasteiger partial charge in [0.25, 0.3) is 0 Å². The van der Waals surface area contributed by atoms with E-state index >= 15 is 0 Å².